The Morgan fingerprint density at radius 2 is 1.88 bits per heavy atom. The van der Waals surface area contributed by atoms with Gasteiger partial charge in [0.05, 0.1) is 7.11 Å². The highest BCUT2D eigenvalue weighted by Gasteiger charge is 2.48. The van der Waals surface area contributed by atoms with Crippen molar-refractivity contribution in [2.75, 3.05) is 7.11 Å². The van der Waals surface area contributed by atoms with Crippen LogP contribution in [0.4, 0.5) is 22.0 Å². The highest BCUT2D eigenvalue weighted by atomic mass is 19.3. The van der Waals surface area contributed by atoms with Crippen molar-refractivity contribution >= 4 is 0 Å². The zero-order chi connectivity index (χ0) is 13.2. The van der Waals surface area contributed by atoms with Gasteiger partial charge in [0, 0.05) is 11.6 Å². The average molecular weight is 255 g/mol. The van der Waals surface area contributed by atoms with E-state index in [2.05, 4.69) is 4.74 Å². The minimum absolute atomic E-state index is 0.0822. The molecule has 1 aromatic rings. The number of methoxy groups -OCH3 is 1. The number of benzene rings is 1. The van der Waals surface area contributed by atoms with E-state index in [1.54, 1.807) is 0 Å². The lowest BCUT2D eigenvalue weighted by molar-refractivity contribution is -0.145. The quantitative estimate of drug-likeness (QED) is 0.839. The molecule has 17 heavy (non-hydrogen) atoms. The Balaban J connectivity index is 3.08. The molecule has 1 atom stereocenters. The van der Waals surface area contributed by atoms with E-state index in [9.17, 15) is 22.0 Å². The van der Waals surface area contributed by atoms with Crippen molar-refractivity contribution in [3.05, 3.63) is 29.6 Å². The van der Waals surface area contributed by atoms with E-state index in [4.69, 9.17) is 5.73 Å². The minimum atomic E-state index is -4.49. The average Bonchev–Trinajstić information content (AvgIpc) is 2.27. The number of nitrogens with two attached hydrogens (primary N) is 1. The van der Waals surface area contributed by atoms with Gasteiger partial charge in [-0.1, -0.05) is 6.07 Å². The van der Waals surface area contributed by atoms with Gasteiger partial charge < -0.3 is 10.5 Å². The van der Waals surface area contributed by atoms with Gasteiger partial charge in [0.1, 0.15) is 17.6 Å². The largest absolute Gasteiger partial charge is 0.497 e. The lowest BCUT2D eigenvalue weighted by Crippen LogP contribution is -2.39. The second-order valence-corrected chi connectivity index (χ2v) is 3.34. The van der Waals surface area contributed by atoms with Crippen LogP contribution in [-0.4, -0.2) is 19.5 Å². The molecule has 0 aliphatic heterocycles. The van der Waals surface area contributed by atoms with Crippen molar-refractivity contribution in [2.24, 2.45) is 5.73 Å². The molecule has 2 nitrogen and oxygen atoms in total. The first kappa shape index (κ1) is 13.7. The highest BCUT2D eigenvalue weighted by molar-refractivity contribution is 5.31. The fourth-order valence-electron chi connectivity index (χ4n) is 1.23. The van der Waals surface area contributed by atoms with Crippen molar-refractivity contribution in [1.82, 2.24) is 0 Å². The molecular weight excluding hydrogens is 245 g/mol. The monoisotopic (exact) mass is 255 g/mol. The maximum atomic E-state index is 13.3. The number of rotatable bonds is 4. The van der Waals surface area contributed by atoms with Crippen LogP contribution in [0.5, 0.6) is 5.75 Å². The first-order chi connectivity index (χ1) is 7.80. The van der Waals surface area contributed by atoms with Crippen LogP contribution >= 0.6 is 0 Å². The summed E-state index contributed by atoms with van der Waals surface area (Å²) in [6.45, 7) is 0. The summed E-state index contributed by atoms with van der Waals surface area (Å²) in [5.74, 6) is -5.52. The van der Waals surface area contributed by atoms with Gasteiger partial charge in [-0.15, -0.1) is 0 Å². The molecule has 0 aliphatic carbocycles. The molecule has 0 radical (unpaired) electrons. The molecule has 0 amide bonds. The summed E-state index contributed by atoms with van der Waals surface area (Å²) in [7, 11) is 1.25. The summed E-state index contributed by atoms with van der Waals surface area (Å²) in [6, 6.07) is 0.458. The Hall–Kier alpha value is -1.37. The van der Waals surface area contributed by atoms with Gasteiger partial charge in [-0.25, -0.2) is 13.2 Å². The standard InChI is InChI=1S/C10H10F5NO/c1-17-5-2-3-6(7(11)4-5)8(16)10(14,15)9(12)13/h2-4,8-9H,16H2,1H3. The molecule has 0 fully saturated rings. The fraction of sp³-hybridized carbons (Fsp3) is 0.400. The van der Waals surface area contributed by atoms with E-state index in [1.165, 1.54) is 13.2 Å². The van der Waals surface area contributed by atoms with Gasteiger partial charge in [-0.3, -0.25) is 0 Å². The summed E-state index contributed by atoms with van der Waals surface area (Å²) in [5.41, 5.74) is 4.27. The Labute approximate surface area is 94.2 Å². The molecule has 0 saturated heterocycles. The fourth-order valence-corrected chi connectivity index (χ4v) is 1.23. The summed E-state index contributed by atoms with van der Waals surface area (Å²) in [4.78, 5) is 0. The molecule has 96 valence electrons. The lowest BCUT2D eigenvalue weighted by Gasteiger charge is -2.23. The second kappa shape index (κ2) is 4.87. The summed E-state index contributed by atoms with van der Waals surface area (Å²) >= 11 is 0. The van der Waals surface area contributed by atoms with Crippen molar-refractivity contribution in [2.45, 2.75) is 18.4 Å². The molecule has 0 bridgehead atoms. The third-order valence-electron chi connectivity index (χ3n) is 2.25. The molecule has 0 aromatic heterocycles. The van der Waals surface area contributed by atoms with Crippen molar-refractivity contribution in [1.29, 1.82) is 0 Å². The summed E-state index contributed by atoms with van der Waals surface area (Å²) in [5, 5.41) is 0. The zero-order valence-corrected chi connectivity index (χ0v) is 8.76. The predicted molar refractivity (Wildman–Crippen MR) is 50.8 cm³/mol. The van der Waals surface area contributed by atoms with Crippen LogP contribution in [0.2, 0.25) is 0 Å². The summed E-state index contributed by atoms with van der Waals surface area (Å²) < 4.78 is 67.9. The Bertz CT molecular complexity index is 396. The lowest BCUT2D eigenvalue weighted by atomic mass is 10.0. The molecule has 1 rings (SSSR count). The number of halogens is 5. The third kappa shape index (κ3) is 2.66. The van der Waals surface area contributed by atoms with E-state index < -0.39 is 29.8 Å². The van der Waals surface area contributed by atoms with E-state index >= 15 is 0 Å². The van der Waals surface area contributed by atoms with Crippen molar-refractivity contribution in [3.63, 3.8) is 0 Å². The Morgan fingerprint density at radius 1 is 1.29 bits per heavy atom. The van der Waals surface area contributed by atoms with Gasteiger partial charge in [-0.05, 0) is 6.07 Å². The van der Waals surface area contributed by atoms with Crippen LogP contribution in [0.1, 0.15) is 11.6 Å². The molecular formula is C10H10F5NO. The highest BCUT2D eigenvalue weighted by Crippen LogP contribution is 2.36. The maximum Gasteiger partial charge on any atom is 0.326 e. The van der Waals surface area contributed by atoms with Gasteiger partial charge in [0.25, 0.3) is 0 Å². The number of hydrogen-bond donors (Lipinski definition) is 1. The van der Waals surface area contributed by atoms with Gasteiger partial charge in [0.2, 0.25) is 0 Å². The molecule has 7 heteroatoms. The molecule has 0 spiro atoms. The molecule has 0 saturated carbocycles. The van der Waals surface area contributed by atoms with E-state index in [1.807, 2.05) is 0 Å². The number of alkyl halides is 4. The van der Waals surface area contributed by atoms with Gasteiger partial charge in [0.15, 0.2) is 0 Å². The van der Waals surface area contributed by atoms with E-state index in [-0.39, 0.29) is 5.75 Å². The van der Waals surface area contributed by atoms with Gasteiger partial charge in [-0.2, -0.15) is 8.78 Å². The maximum absolute atomic E-state index is 13.3. The molecule has 2 N–H and O–H groups in total. The second-order valence-electron chi connectivity index (χ2n) is 3.34. The van der Waals surface area contributed by atoms with Crippen LogP contribution in [-0.2, 0) is 0 Å². The van der Waals surface area contributed by atoms with Crippen LogP contribution in [0.15, 0.2) is 18.2 Å². The SMILES string of the molecule is COc1ccc(C(N)C(F)(F)C(F)F)c(F)c1. The Morgan fingerprint density at radius 3 is 2.29 bits per heavy atom. The first-order valence-electron chi connectivity index (χ1n) is 4.55. The van der Waals surface area contributed by atoms with E-state index in [0.717, 1.165) is 12.1 Å². The van der Waals surface area contributed by atoms with Gasteiger partial charge >= 0.3 is 12.3 Å². The molecule has 0 aliphatic rings. The predicted octanol–water partition coefficient (Wildman–Crippen LogP) is 2.73. The van der Waals surface area contributed by atoms with Crippen molar-refractivity contribution < 1.29 is 26.7 Å². The molecule has 0 heterocycles. The Kier molecular flexibility index (Phi) is 3.92. The third-order valence-corrected chi connectivity index (χ3v) is 2.25. The summed E-state index contributed by atoms with van der Waals surface area (Å²) in [6.07, 6.45) is -3.96. The smallest absolute Gasteiger partial charge is 0.326 e. The van der Waals surface area contributed by atoms with Crippen LogP contribution < -0.4 is 10.5 Å². The van der Waals surface area contributed by atoms with E-state index in [0.29, 0.717) is 0 Å². The molecule has 1 aromatic carbocycles. The van der Waals surface area contributed by atoms with Crippen LogP contribution in [0.3, 0.4) is 0 Å². The normalized spacial score (nSPS) is 13.9. The molecule has 1 unspecified atom stereocenters. The van der Waals surface area contributed by atoms with Crippen molar-refractivity contribution in [3.8, 4) is 5.75 Å². The zero-order valence-electron chi connectivity index (χ0n) is 8.76. The number of ether oxygens (including phenoxy) is 1. The minimum Gasteiger partial charge on any atom is -0.497 e. The number of hydrogen-bond acceptors (Lipinski definition) is 2. The topological polar surface area (TPSA) is 35.2 Å². The van der Waals surface area contributed by atoms with Crippen LogP contribution in [0, 0.1) is 5.82 Å². The van der Waals surface area contributed by atoms with Crippen LogP contribution in [0.25, 0.3) is 0 Å². The first-order valence-corrected chi connectivity index (χ1v) is 4.55.